The van der Waals surface area contributed by atoms with Crippen LogP contribution in [0, 0.1) is 0 Å². The van der Waals surface area contributed by atoms with E-state index in [4.69, 9.17) is 5.11 Å². The van der Waals surface area contributed by atoms with E-state index in [1.54, 1.807) is 19.1 Å². The van der Waals surface area contributed by atoms with Crippen molar-refractivity contribution in [1.29, 1.82) is 0 Å². The summed E-state index contributed by atoms with van der Waals surface area (Å²) in [6, 6.07) is 4.77. The summed E-state index contributed by atoms with van der Waals surface area (Å²) in [7, 11) is -3.42. The number of rotatable bonds is 5. The molecule has 1 aromatic carbocycles. The quantitative estimate of drug-likeness (QED) is 0.893. The van der Waals surface area contributed by atoms with E-state index in [9.17, 15) is 13.2 Å². The Kier molecular flexibility index (Phi) is 3.57. The van der Waals surface area contributed by atoms with Crippen LogP contribution in [0.4, 0.5) is 0 Å². The zero-order chi connectivity index (χ0) is 14.0. The number of carbonyl (C=O) groups is 1. The molecular formula is C12H14N2O4S. The lowest BCUT2D eigenvalue weighted by molar-refractivity contribution is -0.137. The second-order valence-electron chi connectivity index (χ2n) is 4.21. The van der Waals surface area contributed by atoms with E-state index in [1.807, 2.05) is 0 Å². The minimum Gasteiger partial charge on any atom is -0.480 e. The van der Waals surface area contributed by atoms with Crippen LogP contribution < -0.4 is 0 Å². The molecule has 1 heterocycles. The van der Waals surface area contributed by atoms with Crippen molar-refractivity contribution in [3.8, 4) is 0 Å². The first-order valence-electron chi connectivity index (χ1n) is 5.84. The Morgan fingerprint density at radius 2 is 2.16 bits per heavy atom. The van der Waals surface area contributed by atoms with Crippen LogP contribution in [0.1, 0.15) is 13.3 Å². The average Bonchev–Trinajstić information content (AvgIpc) is 2.71. The van der Waals surface area contributed by atoms with E-state index < -0.39 is 15.8 Å². The Hall–Kier alpha value is -1.89. The molecular weight excluding hydrogens is 268 g/mol. The summed E-state index contributed by atoms with van der Waals surface area (Å²) in [6.07, 6.45) is 1.86. The van der Waals surface area contributed by atoms with E-state index in [1.165, 1.54) is 17.0 Å². The lowest BCUT2D eigenvalue weighted by Gasteiger charge is -2.07. The molecule has 0 atom stereocenters. The number of fused-ring (bicyclic) bond motifs is 1. The van der Waals surface area contributed by atoms with Crippen molar-refractivity contribution >= 4 is 26.8 Å². The van der Waals surface area contributed by atoms with Gasteiger partial charge in [-0.05, 0) is 18.6 Å². The first-order chi connectivity index (χ1) is 8.95. The highest BCUT2D eigenvalue weighted by Gasteiger charge is 2.20. The van der Waals surface area contributed by atoms with Gasteiger partial charge < -0.3 is 9.67 Å². The molecule has 2 rings (SSSR count). The molecule has 102 valence electrons. The minimum absolute atomic E-state index is 0.0321. The molecule has 2 aromatic rings. The number of carboxylic acids is 1. The molecule has 0 aliphatic heterocycles. The van der Waals surface area contributed by atoms with Gasteiger partial charge in [0, 0.05) is 0 Å². The zero-order valence-electron chi connectivity index (χ0n) is 10.4. The standard InChI is InChI=1S/C12H14N2O4S/c1-2-6-19(17,18)10-5-3-4-9-12(10)14(8-13-9)7-11(15)16/h3-5,8H,2,6-7H2,1H3,(H,15,16). The fourth-order valence-electron chi connectivity index (χ4n) is 1.99. The Labute approximate surface area is 110 Å². The summed E-state index contributed by atoms with van der Waals surface area (Å²) in [6.45, 7) is 1.47. The number of sulfone groups is 1. The zero-order valence-corrected chi connectivity index (χ0v) is 11.2. The minimum atomic E-state index is -3.42. The fraction of sp³-hybridized carbons (Fsp3) is 0.333. The van der Waals surface area contributed by atoms with Gasteiger partial charge in [-0.2, -0.15) is 0 Å². The molecule has 1 N–H and O–H groups in total. The Balaban J connectivity index is 2.67. The third kappa shape index (κ3) is 2.60. The lowest BCUT2D eigenvalue weighted by Crippen LogP contribution is -2.11. The fourth-order valence-corrected chi connectivity index (χ4v) is 3.55. The molecule has 0 amide bonds. The molecule has 0 aliphatic carbocycles. The molecule has 0 aliphatic rings. The summed E-state index contributed by atoms with van der Waals surface area (Å²) in [5, 5.41) is 8.84. The smallest absolute Gasteiger partial charge is 0.323 e. The third-order valence-electron chi connectivity index (χ3n) is 2.71. The van der Waals surface area contributed by atoms with Crippen molar-refractivity contribution in [2.24, 2.45) is 0 Å². The van der Waals surface area contributed by atoms with Crippen LogP contribution in [0.3, 0.4) is 0 Å². The highest BCUT2D eigenvalue weighted by atomic mass is 32.2. The van der Waals surface area contributed by atoms with Crippen molar-refractivity contribution < 1.29 is 18.3 Å². The van der Waals surface area contributed by atoms with Gasteiger partial charge in [-0.1, -0.05) is 13.0 Å². The highest BCUT2D eigenvalue weighted by molar-refractivity contribution is 7.91. The summed E-state index contributed by atoms with van der Waals surface area (Å²) in [5.41, 5.74) is 0.844. The lowest BCUT2D eigenvalue weighted by atomic mass is 10.3. The maximum Gasteiger partial charge on any atom is 0.323 e. The topological polar surface area (TPSA) is 89.3 Å². The molecule has 19 heavy (non-hydrogen) atoms. The van der Waals surface area contributed by atoms with Gasteiger partial charge in [0.15, 0.2) is 9.84 Å². The third-order valence-corrected chi connectivity index (χ3v) is 4.66. The van der Waals surface area contributed by atoms with Crippen molar-refractivity contribution in [1.82, 2.24) is 9.55 Å². The molecule has 0 radical (unpaired) electrons. The normalized spacial score (nSPS) is 11.8. The van der Waals surface area contributed by atoms with Gasteiger partial charge in [-0.25, -0.2) is 13.4 Å². The van der Waals surface area contributed by atoms with Crippen LogP contribution in [0.2, 0.25) is 0 Å². The van der Waals surface area contributed by atoms with Crippen LogP contribution in [-0.2, 0) is 21.2 Å². The van der Waals surface area contributed by atoms with Gasteiger partial charge in [0.25, 0.3) is 0 Å². The van der Waals surface area contributed by atoms with Crippen molar-refractivity contribution in [2.45, 2.75) is 24.8 Å². The highest BCUT2D eigenvalue weighted by Crippen LogP contribution is 2.23. The van der Waals surface area contributed by atoms with Crippen LogP contribution in [0.15, 0.2) is 29.4 Å². The Morgan fingerprint density at radius 3 is 2.79 bits per heavy atom. The van der Waals surface area contributed by atoms with Crippen LogP contribution in [0.25, 0.3) is 11.0 Å². The van der Waals surface area contributed by atoms with Crippen molar-refractivity contribution in [3.05, 3.63) is 24.5 Å². The van der Waals surface area contributed by atoms with Gasteiger partial charge in [0.1, 0.15) is 6.54 Å². The SMILES string of the molecule is CCCS(=O)(=O)c1cccc2ncn(CC(=O)O)c12. The molecule has 0 saturated heterocycles. The summed E-state index contributed by atoms with van der Waals surface area (Å²) in [5.74, 6) is -1.01. The monoisotopic (exact) mass is 282 g/mol. The molecule has 0 bridgehead atoms. The maximum atomic E-state index is 12.2. The first-order valence-corrected chi connectivity index (χ1v) is 7.49. The number of imidazole rings is 1. The van der Waals surface area contributed by atoms with Crippen molar-refractivity contribution in [2.75, 3.05) is 5.75 Å². The van der Waals surface area contributed by atoms with E-state index in [0.717, 1.165) is 0 Å². The summed E-state index contributed by atoms with van der Waals surface area (Å²) >= 11 is 0. The molecule has 0 fully saturated rings. The Bertz CT molecular complexity index is 718. The molecule has 0 spiro atoms. The van der Waals surface area contributed by atoms with E-state index in [2.05, 4.69) is 4.98 Å². The second kappa shape index (κ2) is 5.00. The summed E-state index contributed by atoms with van der Waals surface area (Å²) < 4.78 is 25.7. The van der Waals surface area contributed by atoms with Crippen LogP contribution in [-0.4, -0.2) is 34.8 Å². The number of nitrogens with zero attached hydrogens (tertiary/aromatic N) is 2. The first kappa shape index (κ1) is 13.5. The van der Waals surface area contributed by atoms with E-state index >= 15 is 0 Å². The number of aliphatic carboxylic acids is 1. The Morgan fingerprint density at radius 1 is 1.42 bits per heavy atom. The summed E-state index contributed by atoms with van der Waals surface area (Å²) in [4.78, 5) is 15.0. The molecule has 1 aromatic heterocycles. The van der Waals surface area contributed by atoms with E-state index in [0.29, 0.717) is 17.5 Å². The number of carboxylic acid groups (broad SMARTS) is 1. The van der Waals surface area contributed by atoms with Crippen LogP contribution >= 0.6 is 0 Å². The maximum absolute atomic E-state index is 12.2. The average molecular weight is 282 g/mol. The van der Waals surface area contributed by atoms with Crippen LogP contribution in [0.5, 0.6) is 0 Å². The van der Waals surface area contributed by atoms with Gasteiger partial charge in [-0.3, -0.25) is 4.79 Å². The number of benzene rings is 1. The van der Waals surface area contributed by atoms with Crippen molar-refractivity contribution in [3.63, 3.8) is 0 Å². The number of hydrogen-bond acceptors (Lipinski definition) is 4. The second-order valence-corrected chi connectivity index (χ2v) is 6.29. The van der Waals surface area contributed by atoms with Gasteiger partial charge in [0.2, 0.25) is 0 Å². The predicted molar refractivity (Wildman–Crippen MR) is 69.7 cm³/mol. The molecule has 6 nitrogen and oxygen atoms in total. The largest absolute Gasteiger partial charge is 0.480 e. The predicted octanol–water partition coefficient (Wildman–Crippen LogP) is 1.30. The molecule has 0 unspecified atom stereocenters. The van der Waals surface area contributed by atoms with Gasteiger partial charge >= 0.3 is 5.97 Å². The number of aromatic nitrogens is 2. The molecule has 0 saturated carbocycles. The number of hydrogen-bond donors (Lipinski definition) is 1. The number of para-hydroxylation sites is 1. The molecule has 7 heteroatoms. The van der Waals surface area contributed by atoms with Gasteiger partial charge in [-0.15, -0.1) is 0 Å². The van der Waals surface area contributed by atoms with E-state index in [-0.39, 0.29) is 17.2 Å². The van der Waals surface area contributed by atoms with Gasteiger partial charge in [0.05, 0.1) is 28.0 Å².